The van der Waals surface area contributed by atoms with Crippen molar-refractivity contribution in [2.24, 2.45) is 0 Å². The summed E-state index contributed by atoms with van der Waals surface area (Å²) in [6.07, 6.45) is 0. The van der Waals surface area contributed by atoms with Crippen molar-refractivity contribution in [1.29, 1.82) is 0 Å². The molecule has 2 aromatic heterocycles. The second-order valence-electron chi connectivity index (χ2n) is 4.81. The normalized spacial score (nSPS) is 11.4. The summed E-state index contributed by atoms with van der Waals surface area (Å²) in [5.74, 6) is 1.06. The Labute approximate surface area is 141 Å². The SMILES string of the molecule is Cc1nc2ccccc2n1CCNCc1cc(Br)c(Cl)s1. The lowest BCUT2D eigenvalue weighted by Gasteiger charge is -2.07. The number of aromatic nitrogens is 2. The van der Waals surface area contributed by atoms with E-state index in [0.29, 0.717) is 0 Å². The zero-order valence-electron chi connectivity index (χ0n) is 11.6. The second-order valence-corrected chi connectivity index (χ2v) is 7.40. The standard InChI is InChI=1S/C15H15BrClN3S/c1-10-19-13-4-2-3-5-14(13)20(10)7-6-18-9-11-8-12(16)15(17)21-11/h2-5,8,18H,6-7,9H2,1H3. The van der Waals surface area contributed by atoms with Crippen LogP contribution < -0.4 is 5.32 Å². The summed E-state index contributed by atoms with van der Waals surface area (Å²) in [6, 6.07) is 10.3. The number of imidazole rings is 1. The summed E-state index contributed by atoms with van der Waals surface area (Å²) in [4.78, 5) is 5.81. The van der Waals surface area contributed by atoms with Gasteiger partial charge in [0.1, 0.15) is 10.2 Å². The average Bonchev–Trinajstić information content (AvgIpc) is 2.95. The van der Waals surface area contributed by atoms with Gasteiger partial charge >= 0.3 is 0 Å². The molecule has 0 aliphatic rings. The number of hydrogen-bond donors (Lipinski definition) is 1. The molecule has 2 heterocycles. The molecule has 0 saturated carbocycles. The lowest BCUT2D eigenvalue weighted by Crippen LogP contribution is -2.19. The van der Waals surface area contributed by atoms with E-state index >= 15 is 0 Å². The summed E-state index contributed by atoms with van der Waals surface area (Å²) in [5, 5.41) is 3.45. The van der Waals surface area contributed by atoms with Gasteiger partial charge in [-0.1, -0.05) is 23.7 Å². The van der Waals surface area contributed by atoms with E-state index in [1.807, 2.05) is 6.07 Å². The number of rotatable bonds is 5. The minimum absolute atomic E-state index is 0.809. The van der Waals surface area contributed by atoms with Crippen molar-refractivity contribution < 1.29 is 0 Å². The molecule has 3 nitrogen and oxygen atoms in total. The molecular formula is C15H15BrClN3S. The third-order valence-corrected chi connectivity index (χ3v) is 5.83. The number of para-hydroxylation sites is 2. The monoisotopic (exact) mass is 383 g/mol. The van der Waals surface area contributed by atoms with Crippen LogP contribution in [0.4, 0.5) is 0 Å². The third-order valence-electron chi connectivity index (χ3n) is 3.35. The van der Waals surface area contributed by atoms with Crippen LogP contribution in [0.15, 0.2) is 34.8 Å². The molecule has 0 bridgehead atoms. The molecule has 1 aromatic carbocycles. The van der Waals surface area contributed by atoms with Crippen LogP contribution in [0.5, 0.6) is 0 Å². The molecule has 0 amide bonds. The lowest BCUT2D eigenvalue weighted by atomic mass is 10.3. The molecule has 6 heteroatoms. The van der Waals surface area contributed by atoms with Crippen LogP contribution in [0.25, 0.3) is 11.0 Å². The summed E-state index contributed by atoms with van der Waals surface area (Å²) in [6.45, 7) is 4.69. The maximum absolute atomic E-state index is 6.04. The quantitative estimate of drug-likeness (QED) is 0.651. The first-order chi connectivity index (χ1) is 10.1. The van der Waals surface area contributed by atoms with Crippen LogP contribution in [0.2, 0.25) is 4.34 Å². The number of halogens is 2. The smallest absolute Gasteiger partial charge is 0.107 e. The van der Waals surface area contributed by atoms with E-state index in [2.05, 4.69) is 62.0 Å². The minimum Gasteiger partial charge on any atom is -0.327 e. The lowest BCUT2D eigenvalue weighted by molar-refractivity contribution is 0.600. The highest BCUT2D eigenvalue weighted by Gasteiger charge is 2.07. The summed E-state index contributed by atoms with van der Waals surface area (Å²) >= 11 is 11.1. The fraction of sp³-hybridized carbons (Fsp3) is 0.267. The summed E-state index contributed by atoms with van der Waals surface area (Å²) in [5.41, 5.74) is 2.25. The van der Waals surface area contributed by atoms with Gasteiger partial charge in [0.05, 0.1) is 11.0 Å². The van der Waals surface area contributed by atoms with Gasteiger partial charge in [0.2, 0.25) is 0 Å². The first kappa shape index (κ1) is 15.0. The maximum Gasteiger partial charge on any atom is 0.107 e. The van der Waals surface area contributed by atoms with Crippen molar-refractivity contribution >= 4 is 49.9 Å². The maximum atomic E-state index is 6.04. The van der Waals surface area contributed by atoms with E-state index in [1.54, 1.807) is 11.3 Å². The average molecular weight is 385 g/mol. The van der Waals surface area contributed by atoms with E-state index in [0.717, 1.165) is 39.8 Å². The minimum atomic E-state index is 0.809. The van der Waals surface area contributed by atoms with Crippen LogP contribution in [0.1, 0.15) is 10.7 Å². The molecule has 0 saturated heterocycles. The number of fused-ring (bicyclic) bond motifs is 1. The van der Waals surface area contributed by atoms with Crippen molar-refractivity contribution in [1.82, 2.24) is 14.9 Å². The molecule has 0 atom stereocenters. The summed E-state index contributed by atoms with van der Waals surface area (Å²) in [7, 11) is 0. The van der Waals surface area contributed by atoms with Gasteiger partial charge in [-0.25, -0.2) is 4.98 Å². The van der Waals surface area contributed by atoms with Gasteiger partial charge in [-0.3, -0.25) is 0 Å². The van der Waals surface area contributed by atoms with Crippen molar-refractivity contribution in [3.8, 4) is 0 Å². The molecule has 0 radical (unpaired) electrons. The van der Waals surface area contributed by atoms with Gasteiger partial charge < -0.3 is 9.88 Å². The van der Waals surface area contributed by atoms with Gasteiger partial charge in [-0.2, -0.15) is 0 Å². The summed E-state index contributed by atoms with van der Waals surface area (Å²) < 4.78 is 4.03. The van der Waals surface area contributed by atoms with Crippen LogP contribution in [-0.4, -0.2) is 16.1 Å². The van der Waals surface area contributed by atoms with Gasteiger partial charge in [0, 0.05) is 29.0 Å². The Bertz CT molecular complexity index is 746. The van der Waals surface area contributed by atoms with Gasteiger partial charge in [0.15, 0.2) is 0 Å². The molecule has 0 aliphatic heterocycles. The molecule has 110 valence electrons. The van der Waals surface area contributed by atoms with Crippen LogP contribution in [-0.2, 0) is 13.1 Å². The molecule has 3 rings (SSSR count). The fourth-order valence-electron chi connectivity index (χ4n) is 2.36. The number of benzene rings is 1. The van der Waals surface area contributed by atoms with Gasteiger partial charge in [0.25, 0.3) is 0 Å². The third kappa shape index (κ3) is 3.31. The number of nitrogens with one attached hydrogen (secondary N) is 1. The van der Waals surface area contributed by atoms with Crippen LogP contribution in [0, 0.1) is 6.92 Å². The first-order valence-corrected chi connectivity index (χ1v) is 8.70. The molecule has 0 unspecified atom stereocenters. The van der Waals surface area contributed by atoms with Crippen molar-refractivity contribution in [3.05, 3.63) is 49.8 Å². The Morgan fingerprint density at radius 3 is 2.95 bits per heavy atom. The number of hydrogen-bond acceptors (Lipinski definition) is 3. The molecule has 21 heavy (non-hydrogen) atoms. The Hall–Kier alpha value is -0.880. The zero-order valence-corrected chi connectivity index (χ0v) is 14.7. The van der Waals surface area contributed by atoms with Crippen LogP contribution >= 0.6 is 38.9 Å². The molecule has 3 aromatic rings. The Morgan fingerprint density at radius 2 is 2.19 bits per heavy atom. The van der Waals surface area contributed by atoms with E-state index in [4.69, 9.17) is 11.6 Å². The number of aryl methyl sites for hydroxylation is 1. The van der Waals surface area contributed by atoms with Crippen LogP contribution in [0.3, 0.4) is 0 Å². The Kier molecular flexibility index (Phi) is 4.64. The first-order valence-electron chi connectivity index (χ1n) is 6.71. The highest BCUT2D eigenvalue weighted by atomic mass is 79.9. The topological polar surface area (TPSA) is 29.9 Å². The Balaban J connectivity index is 1.60. The van der Waals surface area contributed by atoms with Gasteiger partial charge in [-0.05, 0) is 41.1 Å². The molecule has 0 spiro atoms. The van der Waals surface area contributed by atoms with E-state index < -0.39 is 0 Å². The molecule has 0 fully saturated rings. The fourth-order valence-corrected chi connectivity index (χ4v) is 4.12. The van der Waals surface area contributed by atoms with E-state index in [-0.39, 0.29) is 0 Å². The molecular weight excluding hydrogens is 370 g/mol. The van der Waals surface area contributed by atoms with E-state index in [9.17, 15) is 0 Å². The highest BCUT2D eigenvalue weighted by Crippen LogP contribution is 2.31. The molecule has 0 aliphatic carbocycles. The Morgan fingerprint density at radius 1 is 1.38 bits per heavy atom. The van der Waals surface area contributed by atoms with Crippen molar-refractivity contribution in [2.45, 2.75) is 20.0 Å². The predicted molar refractivity (Wildman–Crippen MR) is 93.2 cm³/mol. The van der Waals surface area contributed by atoms with Crippen molar-refractivity contribution in [3.63, 3.8) is 0 Å². The largest absolute Gasteiger partial charge is 0.327 e. The second kappa shape index (κ2) is 6.48. The van der Waals surface area contributed by atoms with Gasteiger partial charge in [-0.15, -0.1) is 11.3 Å². The number of nitrogens with zero attached hydrogens (tertiary/aromatic N) is 2. The molecule has 1 N–H and O–H groups in total. The van der Waals surface area contributed by atoms with Crippen molar-refractivity contribution in [2.75, 3.05) is 6.54 Å². The predicted octanol–water partition coefficient (Wildman–Crippen LogP) is 4.61. The number of thiophene rings is 1. The zero-order chi connectivity index (χ0) is 14.8. The van der Waals surface area contributed by atoms with E-state index in [1.165, 1.54) is 10.4 Å². The highest BCUT2D eigenvalue weighted by molar-refractivity contribution is 9.10.